The van der Waals surface area contributed by atoms with Crippen molar-refractivity contribution in [2.45, 2.75) is 39.5 Å². The summed E-state index contributed by atoms with van der Waals surface area (Å²) in [6.07, 6.45) is 1.24. The second kappa shape index (κ2) is 6.77. The van der Waals surface area contributed by atoms with Crippen molar-refractivity contribution in [2.24, 2.45) is 5.41 Å². The molecule has 0 spiro atoms. The van der Waals surface area contributed by atoms with Gasteiger partial charge in [0.15, 0.2) is 5.78 Å². The molecule has 31 heavy (non-hydrogen) atoms. The van der Waals surface area contributed by atoms with E-state index in [1.54, 1.807) is 19.1 Å². The van der Waals surface area contributed by atoms with Crippen LogP contribution in [-0.2, 0) is 4.79 Å². The average molecular weight is 412 g/mol. The zero-order valence-corrected chi connectivity index (χ0v) is 17.9. The Hall–Kier alpha value is -3.47. The lowest BCUT2D eigenvalue weighted by atomic mass is 9.68. The predicted molar refractivity (Wildman–Crippen MR) is 122 cm³/mol. The maximum Gasteiger partial charge on any atom is 0.272 e. The summed E-state index contributed by atoms with van der Waals surface area (Å²) in [6, 6.07) is 17.6. The molecule has 3 aromatic rings. The fourth-order valence-electron chi connectivity index (χ4n) is 5.14. The first-order chi connectivity index (χ1) is 14.7. The number of aryl methyl sites for hydroxylation is 1. The molecule has 0 saturated heterocycles. The number of nitrogens with one attached hydrogen (secondary N) is 1. The molecule has 1 atom stereocenters. The van der Waals surface area contributed by atoms with E-state index in [1.165, 1.54) is 0 Å². The van der Waals surface area contributed by atoms with Crippen LogP contribution in [0.25, 0.3) is 10.8 Å². The molecule has 0 bridgehead atoms. The lowest BCUT2D eigenvalue weighted by Gasteiger charge is -2.40. The maximum absolute atomic E-state index is 13.4. The van der Waals surface area contributed by atoms with Gasteiger partial charge in [-0.15, -0.1) is 0 Å². The van der Waals surface area contributed by atoms with E-state index in [0.717, 1.165) is 45.3 Å². The van der Waals surface area contributed by atoms with Gasteiger partial charge < -0.3 is 5.32 Å². The summed E-state index contributed by atoms with van der Waals surface area (Å²) in [5.74, 6) is -0.217. The van der Waals surface area contributed by atoms with Gasteiger partial charge in [0.05, 0.1) is 4.92 Å². The van der Waals surface area contributed by atoms with Crippen LogP contribution in [0.4, 0.5) is 11.4 Å². The normalized spacial score (nSPS) is 19.6. The van der Waals surface area contributed by atoms with Gasteiger partial charge in [0, 0.05) is 40.9 Å². The Morgan fingerprint density at radius 1 is 1.06 bits per heavy atom. The Morgan fingerprint density at radius 3 is 2.61 bits per heavy atom. The van der Waals surface area contributed by atoms with E-state index >= 15 is 0 Å². The number of Topliss-reactive ketones (excluding diaryl/α,β-unsaturated/α-hetero) is 1. The lowest BCUT2D eigenvalue weighted by Crippen LogP contribution is -2.33. The number of nitro groups is 1. The van der Waals surface area contributed by atoms with Gasteiger partial charge >= 0.3 is 0 Å². The SMILES string of the molecule is Cc1ccc([C@@H]2C3=C(CC(C)(C)CC3=O)Nc3ccc4ccccc4c32)cc1[N+](=O)[O-]. The molecular formula is C26H24N2O3. The van der Waals surface area contributed by atoms with Gasteiger partial charge in [-0.3, -0.25) is 14.9 Å². The van der Waals surface area contributed by atoms with Crippen molar-refractivity contribution in [3.63, 3.8) is 0 Å². The molecule has 1 N–H and O–H groups in total. The number of fused-ring (bicyclic) bond motifs is 3. The van der Waals surface area contributed by atoms with Crippen LogP contribution >= 0.6 is 0 Å². The number of hydrogen-bond donors (Lipinski definition) is 1. The number of ketones is 1. The summed E-state index contributed by atoms with van der Waals surface area (Å²) in [7, 11) is 0. The molecule has 0 radical (unpaired) electrons. The van der Waals surface area contributed by atoms with E-state index in [-0.39, 0.29) is 27.7 Å². The second-order valence-corrected chi connectivity index (χ2v) is 9.44. The van der Waals surface area contributed by atoms with Crippen LogP contribution in [0, 0.1) is 22.5 Å². The molecule has 0 aromatic heterocycles. The highest BCUT2D eigenvalue weighted by Gasteiger charge is 2.41. The third-order valence-electron chi connectivity index (χ3n) is 6.52. The fraction of sp³-hybridized carbons (Fsp3) is 0.269. The molecule has 0 fully saturated rings. The molecule has 0 unspecified atom stereocenters. The number of carbonyl (C=O) groups is 1. The van der Waals surface area contributed by atoms with Crippen molar-refractivity contribution in [1.82, 2.24) is 0 Å². The molecule has 1 aliphatic carbocycles. The van der Waals surface area contributed by atoms with Gasteiger partial charge in [-0.05, 0) is 46.7 Å². The van der Waals surface area contributed by atoms with Crippen molar-refractivity contribution < 1.29 is 9.72 Å². The highest BCUT2D eigenvalue weighted by molar-refractivity contribution is 6.04. The molecule has 0 saturated carbocycles. The number of nitro benzene ring substituents is 1. The van der Waals surface area contributed by atoms with E-state index in [4.69, 9.17) is 0 Å². The number of carbonyl (C=O) groups excluding carboxylic acids is 1. The Morgan fingerprint density at radius 2 is 1.84 bits per heavy atom. The van der Waals surface area contributed by atoms with Crippen LogP contribution in [0.3, 0.4) is 0 Å². The van der Waals surface area contributed by atoms with Gasteiger partial charge in [-0.1, -0.05) is 56.3 Å². The van der Waals surface area contributed by atoms with Crippen LogP contribution in [0.2, 0.25) is 0 Å². The molecule has 0 amide bonds. The van der Waals surface area contributed by atoms with E-state index in [0.29, 0.717) is 12.0 Å². The molecule has 3 aromatic carbocycles. The number of hydrogen-bond acceptors (Lipinski definition) is 4. The van der Waals surface area contributed by atoms with E-state index in [2.05, 4.69) is 43.4 Å². The van der Waals surface area contributed by atoms with Crippen molar-refractivity contribution >= 4 is 27.9 Å². The number of benzene rings is 3. The van der Waals surface area contributed by atoms with Crippen molar-refractivity contribution in [2.75, 3.05) is 5.32 Å². The quantitative estimate of drug-likeness (QED) is 0.398. The first-order valence-electron chi connectivity index (χ1n) is 10.5. The van der Waals surface area contributed by atoms with Gasteiger partial charge in [0.2, 0.25) is 0 Å². The molecular weight excluding hydrogens is 388 g/mol. The van der Waals surface area contributed by atoms with Crippen molar-refractivity contribution in [3.8, 4) is 0 Å². The Balaban J connectivity index is 1.83. The van der Waals surface area contributed by atoms with Crippen LogP contribution in [0.15, 0.2) is 65.9 Å². The van der Waals surface area contributed by atoms with Crippen LogP contribution in [0.1, 0.15) is 49.3 Å². The Bertz CT molecular complexity index is 1300. The number of allylic oxidation sites excluding steroid dienone is 2. The molecule has 2 aliphatic rings. The largest absolute Gasteiger partial charge is 0.358 e. The van der Waals surface area contributed by atoms with Gasteiger partial charge in [0.25, 0.3) is 5.69 Å². The zero-order chi connectivity index (χ0) is 21.9. The molecule has 5 rings (SSSR count). The molecule has 5 heteroatoms. The number of rotatable bonds is 2. The third-order valence-corrected chi connectivity index (χ3v) is 6.52. The minimum absolute atomic E-state index is 0.0866. The molecule has 1 aliphatic heterocycles. The maximum atomic E-state index is 13.4. The Kier molecular flexibility index (Phi) is 4.26. The minimum atomic E-state index is -0.342. The fourth-order valence-corrected chi connectivity index (χ4v) is 5.14. The first-order valence-corrected chi connectivity index (χ1v) is 10.5. The summed E-state index contributed by atoms with van der Waals surface area (Å²) in [5, 5.41) is 17.4. The number of anilines is 1. The molecule has 5 nitrogen and oxygen atoms in total. The molecule has 1 heterocycles. The summed E-state index contributed by atoms with van der Waals surface area (Å²) in [4.78, 5) is 24.7. The van der Waals surface area contributed by atoms with E-state index in [1.807, 2.05) is 18.2 Å². The monoisotopic (exact) mass is 412 g/mol. The van der Waals surface area contributed by atoms with Crippen molar-refractivity contribution in [1.29, 1.82) is 0 Å². The third kappa shape index (κ3) is 3.12. The number of nitrogens with zero attached hydrogens (tertiary/aromatic N) is 1. The van der Waals surface area contributed by atoms with E-state index < -0.39 is 0 Å². The lowest BCUT2D eigenvalue weighted by molar-refractivity contribution is -0.385. The highest BCUT2D eigenvalue weighted by Crippen LogP contribution is 2.51. The van der Waals surface area contributed by atoms with Crippen molar-refractivity contribution in [3.05, 3.63) is 92.7 Å². The highest BCUT2D eigenvalue weighted by atomic mass is 16.6. The average Bonchev–Trinajstić information content (AvgIpc) is 2.71. The minimum Gasteiger partial charge on any atom is -0.358 e. The van der Waals surface area contributed by atoms with Crippen LogP contribution in [0.5, 0.6) is 0 Å². The molecule has 156 valence electrons. The summed E-state index contributed by atoms with van der Waals surface area (Å²) in [5.41, 5.74) is 5.05. The standard InChI is InChI=1S/C26H24N2O3/c1-15-8-9-17(12-21(15)28(30)31)23-24-18-7-5-4-6-16(18)10-11-19(24)27-20-13-26(2,3)14-22(29)25(20)23/h4-12,23,27H,13-14H2,1-3H3/t23-/m0/s1. The van der Waals surface area contributed by atoms with E-state index in [9.17, 15) is 14.9 Å². The topological polar surface area (TPSA) is 72.2 Å². The van der Waals surface area contributed by atoms with Crippen LogP contribution in [-0.4, -0.2) is 10.7 Å². The second-order valence-electron chi connectivity index (χ2n) is 9.44. The summed E-state index contributed by atoms with van der Waals surface area (Å²) < 4.78 is 0. The van der Waals surface area contributed by atoms with Gasteiger partial charge in [-0.25, -0.2) is 0 Å². The first kappa shape index (κ1) is 19.5. The summed E-state index contributed by atoms with van der Waals surface area (Å²) >= 11 is 0. The summed E-state index contributed by atoms with van der Waals surface area (Å²) in [6.45, 7) is 5.96. The van der Waals surface area contributed by atoms with Gasteiger partial charge in [-0.2, -0.15) is 0 Å². The van der Waals surface area contributed by atoms with Gasteiger partial charge in [0.1, 0.15) is 0 Å². The zero-order valence-electron chi connectivity index (χ0n) is 17.9. The Labute approximate surface area is 180 Å². The smallest absolute Gasteiger partial charge is 0.272 e. The van der Waals surface area contributed by atoms with Crippen LogP contribution < -0.4 is 5.32 Å². The predicted octanol–water partition coefficient (Wildman–Crippen LogP) is 6.26.